The van der Waals surface area contributed by atoms with Crippen molar-refractivity contribution >= 4 is 8.80 Å². The van der Waals surface area contributed by atoms with Gasteiger partial charge in [0.05, 0.1) is 0 Å². The summed E-state index contributed by atoms with van der Waals surface area (Å²) < 4.78 is 22.9. The number of hydrogen-bond acceptors (Lipinski definition) is 5. The van der Waals surface area contributed by atoms with Gasteiger partial charge >= 0.3 is 8.80 Å². The summed E-state index contributed by atoms with van der Waals surface area (Å²) in [5.74, 6) is 0. The zero-order valence-electron chi connectivity index (χ0n) is 13.4. The van der Waals surface area contributed by atoms with Gasteiger partial charge in [-0.1, -0.05) is 0 Å². The lowest BCUT2D eigenvalue weighted by molar-refractivity contribution is 0.0656. The molecule has 0 bridgehead atoms. The Kier molecular flexibility index (Phi) is 14.0. The van der Waals surface area contributed by atoms with Crippen LogP contribution in [-0.2, 0) is 18.0 Å². The molecule has 0 spiro atoms. The lowest BCUT2D eigenvalue weighted by Gasteiger charge is -2.28. The van der Waals surface area contributed by atoms with Crippen LogP contribution in [0.15, 0.2) is 0 Å². The molecule has 20 heavy (non-hydrogen) atoms. The van der Waals surface area contributed by atoms with E-state index in [4.69, 9.17) is 23.1 Å². The highest BCUT2D eigenvalue weighted by Gasteiger charge is 2.39. The standard InChI is InChI=1S/C14H32O5Si/c1-4-17-20(18-5-2,19-6-3)14-10-13-16-12-9-7-8-11-15/h15H,4-14H2,1-3H3. The van der Waals surface area contributed by atoms with Crippen molar-refractivity contribution in [2.45, 2.75) is 52.5 Å². The van der Waals surface area contributed by atoms with Gasteiger partial charge in [-0.25, -0.2) is 0 Å². The van der Waals surface area contributed by atoms with E-state index in [2.05, 4.69) is 0 Å². The van der Waals surface area contributed by atoms with Crippen molar-refractivity contribution < 1.29 is 23.1 Å². The second-order valence-corrected chi connectivity index (χ2v) is 7.21. The molecule has 0 saturated carbocycles. The topological polar surface area (TPSA) is 57.2 Å². The molecule has 0 aliphatic carbocycles. The molecule has 0 heterocycles. The molecule has 6 heteroatoms. The van der Waals surface area contributed by atoms with E-state index in [-0.39, 0.29) is 6.61 Å². The summed E-state index contributed by atoms with van der Waals surface area (Å²) in [7, 11) is -2.49. The lowest BCUT2D eigenvalue weighted by atomic mass is 10.2. The first kappa shape index (κ1) is 20.0. The Bertz CT molecular complexity index is 187. The third-order valence-electron chi connectivity index (χ3n) is 2.81. The van der Waals surface area contributed by atoms with E-state index in [1.54, 1.807) is 0 Å². The van der Waals surface area contributed by atoms with Gasteiger partial charge < -0.3 is 23.1 Å². The number of hydrogen-bond donors (Lipinski definition) is 1. The van der Waals surface area contributed by atoms with Crippen LogP contribution in [0.3, 0.4) is 0 Å². The van der Waals surface area contributed by atoms with E-state index < -0.39 is 8.80 Å². The SMILES string of the molecule is CCO[Si](CCCOCCCCCO)(OCC)OCC. The number of rotatable bonds is 15. The molecular weight excluding hydrogens is 276 g/mol. The zero-order valence-corrected chi connectivity index (χ0v) is 14.4. The average molecular weight is 308 g/mol. The Morgan fingerprint density at radius 3 is 1.80 bits per heavy atom. The van der Waals surface area contributed by atoms with E-state index in [1.165, 1.54) is 0 Å². The third kappa shape index (κ3) is 9.85. The molecule has 0 aromatic carbocycles. The fraction of sp³-hybridized carbons (Fsp3) is 1.00. The van der Waals surface area contributed by atoms with Crippen LogP contribution in [0.25, 0.3) is 0 Å². The van der Waals surface area contributed by atoms with Crippen LogP contribution in [0.1, 0.15) is 46.5 Å². The maximum atomic E-state index is 8.67. The van der Waals surface area contributed by atoms with Gasteiger partial charge in [-0.2, -0.15) is 0 Å². The number of ether oxygens (including phenoxy) is 1. The van der Waals surface area contributed by atoms with Crippen molar-refractivity contribution in [1.29, 1.82) is 0 Å². The first-order chi connectivity index (χ1) is 9.74. The summed E-state index contributed by atoms with van der Waals surface area (Å²) >= 11 is 0. The van der Waals surface area contributed by atoms with Crippen LogP contribution in [-0.4, -0.2) is 53.6 Å². The summed E-state index contributed by atoms with van der Waals surface area (Å²) in [6.07, 6.45) is 3.78. The second-order valence-electron chi connectivity index (χ2n) is 4.48. The Labute approximate surface area is 124 Å². The van der Waals surface area contributed by atoms with E-state index in [0.29, 0.717) is 26.4 Å². The van der Waals surface area contributed by atoms with E-state index in [9.17, 15) is 0 Å². The average Bonchev–Trinajstić information content (AvgIpc) is 2.43. The van der Waals surface area contributed by atoms with Gasteiger partial charge in [0.2, 0.25) is 0 Å². The minimum Gasteiger partial charge on any atom is -0.396 e. The van der Waals surface area contributed by atoms with Crippen molar-refractivity contribution in [3.05, 3.63) is 0 Å². The third-order valence-corrected chi connectivity index (χ3v) is 5.96. The molecule has 5 nitrogen and oxygen atoms in total. The highest BCUT2D eigenvalue weighted by atomic mass is 28.4. The summed E-state index contributed by atoms with van der Waals surface area (Å²) in [6.45, 7) is 9.50. The normalized spacial score (nSPS) is 12.0. The van der Waals surface area contributed by atoms with Gasteiger partial charge in [0.1, 0.15) is 0 Å². The van der Waals surface area contributed by atoms with Crippen LogP contribution in [0, 0.1) is 0 Å². The van der Waals surface area contributed by atoms with Gasteiger partial charge in [-0.05, 0) is 46.5 Å². The summed E-state index contributed by atoms with van der Waals surface area (Å²) in [4.78, 5) is 0. The minimum absolute atomic E-state index is 0.269. The molecule has 0 rings (SSSR count). The molecule has 0 amide bonds. The van der Waals surface area contributed by atoms with E-state index in [0.717, 1.165) is 38.3 Å². The summed E-state index contributed by atoms with van der Waals surface area (Å²) in [5, 5.41) is 8.67. The highest BCUT2D eigenvalue weighted by molar-refractivity contribution is 6.60. The Balaban J connectivity index is 3.82. The minimum atomic E-state index is -2.49. The molecule has 0 radical (unpaired) electrons. The molecule has 0 aromatic rings. The maximum Gasteiger partial charge on any atom is 0.501 e. The fourth-order valence-electron chi connectivity index (χ4n) is 1.99. The Morgan fingerprint density at radius 1 is 0.750 bits per heavy atom. The monoisotopic (exact) mass is 308 g/mol. The van der Waals surface area contributed by atoms with Crippen LogP contribution in [0.4, 0.5) is 0 Å². The molecular formula is C14H32O5Si. The molecule has 122 valence electrons. The van der Waals surface area contributed by atoms with Gasteiger partial charge in [-0.15, -0.1) is 0 Å². The first-order valence-electron chi connectivity index (χ1n) is 7.85. The summed E-state index contributed by atoms with van der Waals surface area (Å²) in [5.41, 5.74) is 0. The zero-order chi connectivity index (χ0) is 15.1. The number of unbranched alkanes of at least 4 members (excludes halogenated alkanes) is 2. The lowest BCUT2D eigenvalue weighted by Crippen LogP contribution is -2.46. The predicted octanol–water partition coefficient (Wildman–Crippen LogP) is 2.60. The highest BCUT2D eigenvalue weighted by Crippen LogP contribution is 2.18. The largest absolute Gasteiger partial charge is 0.501 e. The molecule has 0 fully saturated rings. The van der Waals surface area contributed by atoms with Crippen molar-refractivity contribution in [1.82, 2.24) is 0 Å². The van der Waals surface area contributed by atoms with Crippen molar-refractivity contribution in [2.75, 3.05) is 39.6 Å². The van der Waals surface area contributed by atoms with Gasteiger partial charge in [-0.3, -0.25) is 0 Å². The van der Waals surface area contributed by atoms with Crippen LogP contribution >= 0.6 is 0 Å². The van der Waals surface area contributed by atoms with Crippen molar-refractivity contribution in [3.63, 3.8) is 0 Å². The Hall–Kier alpha value is 0.0169. The quantitative estimate of drug-likeness (QED) is 0.372. The van der Waals surface area contributed by atoms with Crippen LogP contribution in [0.2, 0.25) is 6.04 Å². The number of aliphatic hydroxyl groups is 1. The molecule has 0 aliphatic heterocycles. The molecule has 0 atom stereocenters. The van der Waals surface area contributed by atoms with Gasteiger partial charge in [0.15, 0.2) is 0 Å². The van der Waals surface area contributed by atoms with Crippen molar-refractivity contribution in [3.8, 4) is 0 Å². The predicted molar refractivity (Wildman–Crippen MR) is 81.8 cm³/mol. The molecule has 0 aromatic heterocycles. The van der Waals surface area contributed by atoms with Gasteiger partial charge in [0, 0.05) is 45.7 Å². The van der Waals surface area contributed by atoms with Gasteiger partial charge in [0.25, 0.3) is 0 Å². The summed E-state index contributed by atoms with van der Waals surface area (Å²) in [6, 6.07) is 0.805. The molecule has 1 N–H and O–H groups in total. The van der Waals surface area contributed by atoms with Crippen LogP contribution < -0.4 is 0 Å². The fourth-order valence-corrected chi connectivity index (χ4v) is 4.57. The first-order valence-corrected chi connectivity index (χ1v) is 9.78. The maximum absolute atomic E-state index is 8.67. The smallest absolute Gasteiger partial charge is 0.396 e. The number of aliphatic hydroxyl groups excluding tert-OH is 1. The molecule has 0 saturated heterocycles. The molecule has 0 aliphatic rings. The van der Waals surface area contributed by atoms with E-state index in [1.807, 2.05) is 20.8 Å². The van der Waals surface area contributed by atoms with Crippen LogP contribution in [0.5, 0.6) is 0 Å². The Morgan fingerprint density at radius 2 is 1.30 bits per heavy atom. The molecule has 0 unspecified atom stereocenters. The van der Waals surface area contributed by atoms with E-state index >= 15 is 0 Å². The van der Waals surface area contributed by atoms with Crippen molar-refractivity contribution in [2.24, 2.45) is 0 Å². The second kappa shape index (κ2) is 14.0.